The van der Waals surface area contributed by atoms with Crippen LogP contribution in [0.5, 0.6) is 0 Å². The summed E-state index contributed by atoms with van der Waals surface area (Å²) in [7, 11) is 0. The van der Waals surface area contributed by atoms with E-state index in [1.165, 1.54) is 0 Å². The lowest BCUT2D eigenvalue weighted by atomic mass is 10.3. The first kappa shape index (κ1) is 6.98. The van der Waals surface area contributed by atoms with E-state index in [9.17, 15) is 0 Å². The van der Waals surface area contributed by atoms with E-state index in [4.69, 9.17) is 4.84 Å². The van der Waals surface area contributed by atoms with Gasteiger partial charge >= 0.3 is 0 Å². The van der Waals surface area contributed by atoms with Gasteiger partial charge in [0.25, 0.3) is 0 Å². The van der Waals surface area contributed by atoms with Crippen molar-refractivity contribution in [3.63, 3.8) is 0 Å². The highest BCUT2D eigenvalue weighted by Crippen LogP contribution is 2.15. The maximum atomic E-state index is 5.23. The topological polar surface area (TPSA) is 12.5 Å². The zero-order valence-electron chi connectivity index (χ0n) is 6.55. The van der Waals surface area contributed by atoms with Crippen LogP contribution in [0.2, 0.25) is 0 Å². The second-order valence-electron chi connectivity index (χ2n) is 2.44. The lowest BCUT2D eigenvalue weighted by molar-refractivity contribution is 0.245. The molecule has 1 heterocycles. The number of hydrogen-bond acceptors (Lipinski definition) is 2. The molecule has 0 aliphatic carbocycles. The van der Waals surface area contributed by atoms with Crippen molar-refractivity contribution in [3.8, 4) is 0 Å². The second-order valence-corrected chi connectivity index (χ2v) is 2.44. The van der Waals surface area contributed by atoms with Crippen LogP contribution in [0.15, 0.2) is 54.9 Å². The first-order valence-corrected chi connectivity index (χ1v) is 3.81. The molecule has 0 aromatic heterocycles. The van der Waals surface area contributed by atoms with Crippen LogP contribution in [-0.2, 0) is 4.84 Å². The fourth-order valence-electron chi connectivity index (χ4n) is 1.03. The summed E-state index contributed by atoms with van der Waals surface area (Å²) in [5, 5.41) is 1.71. The molecule has 2 nitrogen and oxygen atoms in total. The van der Waals surface area contributed by atoms with E-state index >= 15 is 0 Å². The van der Waals surface area contributed by atoms with E-state index in [0.29, 0.717) is 0 Å². The molecule has 0 spiro atoms. The lowest BCUT2D eigenvalue weighted by Crippen LogP contribution is -2.14. The molecule has 0 saturated heterocycles. The van der Waals surface area contributed by atoms with Crippen LogP contribution in [0, 0.1) is 0 Å². The van der Waals surface area contributed by atoms with Crippen molar-refractivity contribution in [1.82, 2.24) is 0 Å². The van der Waals surface area contributed by atoms with Gasteiger partial charge in [0.1, 0.15) is 6.26 Å². The van der Waals surface area contributed by atoms with Crippen molar-refractivity contribution in [3.05, 3.63) is 54.9 Å². The molecule has 60 valence electrons. The summed E-state index contributed by atoms with van der Waals surface area (Å²) < 4.78 is 0. The SMILES string of the molecule is C1=CON(c2ccccc2)C=C1. The Kier molecular flexibility index (Phi) is 1.82. The molecule has 0 atom stereocenters. The van der Waals surface area contributed by atoms with Gasteiger partial charge in [-0.1, -0.05) is 18.2 Å². The van der Waals surface area contributed by atoms with E-state index in [2.05, 4.69) is 0 Å². The molecule has 0 N–H and O–H groups in total. The monoisotopic (exact) mass is 159 g/mol. The average Bonchev–Trinajstić information content (AvgIpc) is 2.21. The van der Waals surface area contributed by atoms with Gasteiger partial charge in [0.2, 0.25) is 0 Å². The molecule has 12 heavy (non-hydrogen) atoms. The van der Waals surface area contributed by atoms with Gasteiger partial charge in [0.15, 0.2) is 0 Å². The third kappa shape index (κ3) is 1.32. The van der Waals surface area contributed by atoms with Crippen LogP contribution in [0.4, 0.5) is 5.69 Å². The van der Waals surface area contributed by atoms with Gasteiger partial charge in [-0.15, -0.1) is 0 Å². The fourth-order valence-corrected chi connectivity index (χ4v) is 1.03. The first-order valence-electron chi connectivity index (χ1n) is 3.81. The van der Waals surface area contributed by atoms with Crippen molar-refractivity contribution in [2.24, 2.45) is 0 Å². The van der Waals surface area contributed by atoms with Crippen molar-refractivity contribution in [2.75, 3.05) is 5.06 Å². The predicted octanol–water partition coefficient (Wildman–Crippen LogP) is 2.47. The summed E-state index contributed by atoms with van der Waals surface area (Å²) >= 11 is 0. The van der Waals surface area contributed by atoms with Crippen LogP contribution in [0.3, 0.4) is 0 Å². The van der Waals surface area contributed by atoms with Crippen LogP contribution in [-0.4, -0.2) is 0 Å². The Labute approximate surface area is 71.3 Å². The summed E-state index contributed by atoms with van der Waals surface area (Å²) in [4.78, 5) is 5.23. The molecule has 0 bridgehead atoms. The highest BCUT2D eigenvalue weighted by molar-refractivity contribution is 5.46. The summed E-state index contributed by atoms with van der Waals surface area (Å²) in [6.45, 7) is 0. The van der Waals surface area contributed by atoms with E-state index in [1.54, 1.807) is 11.3 Å². The molecule has 0 fully saturated rings. The standard InChI is InChI=1S/C10H9NO/c1-2-6-10(7-3-1)11-8-4-5-9-12-11/h1-9H. The zero-order chi connectivity index (χ0) is 8.23. The first-order chi connectivity index (χ1) is 5.97. The molecular formula is C10H9NO. The normalized spacial score (nSPS) is 14.5. The minimum Gasteiger partial charge on any atom is -0.383 e. The summed E-state index contributed by atoms with van der Waals surface area (Å²) in [5.41, 5.74) is 1.03. The Balaban J connectivity index is 2.21. The van der Waals surface area contributed by atoms with Crippen molar-refractivity contribution in [2.45, 2.75) is 0 Å². The number of rotatable bonds is 1. The molecule has 0 radical (unpaired) electrons. The van der Waals surface area contributed by atoms with Crippen LogP contribution in [0.1, 0.15) is 0 Å². The number of para-hydroxylation sites is 1. The molecule has 0 amide bonds. The van der Waals surface area contributed by atoms with Gasteiger partial charge in [-0.3, -0.25) is 0 Å². The maximum Gasteiger partial charge on any atom is 0.120 e. The van der Waals surface area contributed by atoms with Gasteiger partial charge in [-0.2, -0.15) is 5.06 Å². The van der Waals surface area contributed by atoms with E-state index < -0.39 is 0 Å². The fraction of sp³-hybridized carbons (Fsp3) is 0. The molecule has 1 aliphatic rings. The Morgan fingerprint density at radius 2 is 1.83 bits per heavy atom. The third-order valence-corrected chi connectivity index (χ3v) is 1.60. The van der Waals surface area contributed by atoms with Gasteiger partial charge in [0.05, 0.1) is 5.69 Å². The number of hydroxylamine groups is 1. The van der Waals surface area contributed by atoms with Gasteiger partial charge in [-0.25, -0.2) is 0 Å². The highest BCUT2D eigenvalue weighted by atomic mass is 16.7. The largest absolute Gasteiger partial charge is 0.383 e. The molecule has 2 heteroatoms. The number of nitrogens with zero attached hydrogens (tertiary/aromatic N) is 1. The number of allylic oxidation sites excluding steroid dienone is 2. The van der Waals surface area contributed by atoms with E-state index in [1.807, 2.05) is 48.7 Å². The van der Waals surface area contributed by atoms with Gasteiger partial charge < -0.3 is 4.84 Å². The zero-order valence-corrected chi connectivity index (χ0v) is 6.55. The minimum absolute atomic E-state index is 1.03. The predicted molar refractivity (Wildman–Crippen MR) is 48.3 cm³/mol. The van der Waals surface area contributed by atoms with Crippen molar-refractivity contribution in [1.29, 1.82) is 0 Å². The van der Waals surface area contributed by atoms with Crippen molar-refractivity contribution >= 4 is 5.69 Å². The highest BCUT2D eigenvalue weighted by Gasteiger charge is 2.01. The number of hydrogen-bond donors (Lipinski definition) is 0. The molecule has 1 aliphatic heterocycles. The third-order valence-electron chi connectivity index (χ3n) is 1.60. The summed E-state index contributed by atoms with van der Waals surface area (Å²) in [5.74, 6) is 0. The number of benzene rings is 1. The Morgan fingerprint density at radius 3 is 2.50 bits per heavy atom. The van der Waals surface area contributed by atoms with Crippen LogP contribution < -0.4 is 5.06 Å². The molecular weight excluding hydrogens is 150 g/mol. The van der Waals surface area contributed by atoms with Crippen molar-refractivity contribution < 1.29 is 4.84 Å². The molecule has 2 rings (SSSR count). The summed E-state index contributed by atoms with van der Waals surface area (Å²) in [6, 6.07) is 9.91. The minimum atomic E-state index is 1.03. The Bertz CT molecular complexity index is 303. The van der Waals surface area contributed by atoms with Gasteiger partial charge in [-0.05, 0) is 24.3 Å². The Hall–Kier alpha value is -1.70. The average molecular weight is 159 g/mol. The lowest BCUT2D eigenvalue weighted by Gasteiger charge is -2.19. The van der Waals surface area contributed by atoms with Crippen LogP contribution in [0.25, 0.3) is 0 Å². The van der Waals surface area contributed by atoms with Crippen LogP contribution >= 0.6 is 0 Å². The maximum absolute atomic E-state index is 5.23. The number of anilines is 1. The molecule has 1 aromatic carbocycles. The second kappa shape index (κ2) is 3.13. The smallest absolute Gasteiger partial charge is 0.120 e. The van der Waals surface area contributed by atoms with Gasteiger partial charge in [0, 0.05) is 6.20 Å². The Morgan fingerprint density at radius 1 is 1.00 bits per heavy atom. The van der Waals surface area contributed by atoms with E-state index in [0.717, 1.165) is 5.69 Å². The summed E-state index contributed by atoms with van der Waals surface area (Å²) in [6.07, 6.45) is 7.29. The van der Waals surface area contributed by atoms with E-state index in [-0.39, 0.29) is 0 Å². The molecule has 1 aromatic rings. The quantitative estimate of drug-likeness (QED) is 0.624. The molecule has 0 unspecified atom stereocenters. The molecule has 0 saturated carbocycles.